The Kier molecular flexibility index (Phi) is 23.1. The fraction of sp³-hybridized carbons (Fsp3) is 0. The molecule has 5 N–H and O–H groups in total. The zero-order chi connectivity index (χ0) is 4.50. The summed E-state index contributed by atoms with van der Waals surface area (Å²) in [6.45, 7) is 0. The molecule has 0 aromatic heterocycles. The summed E-state index contributed by atoms with van der Waals surface area (Å²) in [5.41, 5.74) is 0. The quantitative estimate of drug-likeness (QED) is 0.273. The summed E-state index contributed by atoms with van der Waals surface area (Å²) in [6, 6.07) is 0. The second-order valence-corrected chi connectivity index (χ2v) is 1.41. The largest absolute Gasteiger partial charge is 1.00 e. The van der Waals surface area contributed by atoms with E-state index in [1.165, 1.54) is 0 Å². The SMILES string of the molecule is O.O.O=P([O-])([O-])O.[Na+]. The van der Waals surface area contributed by atoms with Gasteiger partial charge in [-0.15, -0.1) is 0 Å². The van der Waals surface area contributed by atoms with E-state index >= 15 is 0 Å². The van der Waals surface area contributed by atoms with Crippen LogP contribution in [0.5, 0.6) is 0 Å². The van der Waals surface area contributed by atoms with Gasteiger partial charge in [-0.2, -0.15) is 0 Å². The minimum absolute atomic E-state index is 0. The first-order chi connectivity index (χ1) is 2.00. The molecule has 8 heteroatoms. The molecule has 0 amide bonds. The summed E-state index contributed by atoms with van der Waals surface area (Å²) in [5, 5.41) is 0. The van der Waals surface area contributed by atoms with E-state index in [4.69, 9.17) is 19.2 Å². The minimum atomic E-state index is -5.14. The Balaban J connectivity index is -0.0000000267. The molecule has 0 radical (unpaired) electrons. The van der Waals surface area contributed by atoms with E-state index in [0.717, 1.165) is 0 Å². The molecule has 0 atom stereocenters. The van der Waals surface area contributed by atoms with Crippen molar-refractivity contribution in [3.05, 3.63) is 0 Å². The molecule has 0 saturated heterocycles. The first-order valence-electron chi connectivity index (χ1n) is 0.748. The fourth-order valence-corrected chi connectivity index (χ4v) is 0. The fourth-order valence-electron chi connectivity index (χ4n) is 0. The van der Waals surface area contributed by atoms with E-state index in [2.05, 4.69) is 0 Å². The van der Waals surface area contributed by atoms with Crippen LogP contribution in [-0.4, -0.2) is 15.8 Å². The van der Waals surface area contributed by atoms with E-state index < -0.39 is 7.82 Å². The van der Waals surface area contributed by atoms with E-state index in [1.807, 2.05) is 0 Å². The molecule has 0 aromatic carbocycles. The Labute approximate surface area is 67.7 Å². The van der Waals surface area contributed by atoms with Gasteiger partial charge < -0.3 is 30.2 Å². The molecule has 6 nitrogen and oxygen atoms in total. The van der Waals surface area contributed by atoms with Crippen molar-refractivity contribution in [3.63, 3.8) is 0 Å². The molecule has 0 saturated carbocycles. The van der Waals surface area contributed by atoms with E-state index in [9.17, 15) is 0 Å². The monoisotopic (exact) mass is 155 g/mol. The van der Waals surface area contributed by atoms with Crippen LogP contribution in [0, 0.1) is 0 Å². The first-order valence-corrected chi connectivity index (χ1v) is 2.24. The molecule has 0 rings (SSSR count). The van der Waals surface area contributed by atoms with Crippen LogP contribution in [0.4, 0.5) is 0 Å². The molecule has 0 unspecified atom stereocenters. The Hall–Kier alpha value is 1.03. The molecule has 0 aliphatic heterocycles. The summed E-state index contributed by atoms with van der Waals surface area (Å²) in [7, 11) is -5.14. The van der Waals surface area contributed by atoms with Crippen LogP contribution in [0.2, 0.25) is 0 Å². The average molecular weight is 155 g/mol. The minimum Gasteiger partial charge on any atom is -0.790 e. The summed E-state index contributed by atoms with van der Waals surface area (Å²) in [6.07, 6.45) is 0. The van der Waals surface area contributed by atoms with Crippen molar-refractivity contribution in [3.8, 4) is 0 Å². The maximum absolute atomic E-state index is 8.66. The normalized spacial score (nSPS) is 7.38. The standard InChI is InChI=1S/Na.H3O4P.2H2O/c;1-5(2,3)4;;/h;(H3,1,2,3,4);2*1H2/q+1;;;/p-2. The average Bonchev–Trinajstić information content (AvgIpc) is 0.722. The molecular weight excluding hydrogens is 150 g/mol. The van der Waals surface area contributed by atoms with Gasteiger partial charge in [-0.1, -0.05) is 0 Å². The van der Waals surface area contributed by atoms with Crippen LogP contribution >= 0.6 is 7.82 Å². The molecule has 0 fully saturated rings. The predicted molar refractivity (Wildman–Crippen MR) is 17.1 cm³/mol. The summed E-state index contributed by atoms with van der Waals surface area (Å²) < 4.78 is 8.66. The van der Waals surface area contributed by atoms with Gasteiger partial charge in [0.05, 0.1) is 7.82 Å². The third-order valence-electron chi connectivity index (χ3n) is 0. The van der Waals surface area contributed by atoms with Crippen LogP contribution in [0.3, 0.4) is 0 Å². The van der Waals surface area contributed by atoms with Gasteiger partial charge in [-0.25, -0.2) is 0 Å². The van der Waals surface area contributed by atoms with Crippen molar-refractivity contribution < 1.29 is 59.8 Å². The van der Waals surface area contributed by atoms with Gasteiger partial charge in [0.2, 0.25) is 0 Å². The molecule has 48 valence electrons. The number of hydrogen-bond acceptors (Lipinski definition) is 3. The van der Waals surface area contributed by atoms with Crippen molar-refractivity contribution >= 4 is 7.82 Å². The summed E-state index contributed by atoms with van der Waals surface area (Å²) in [5.74, 6) is 0. The number of rotatable bonds is 0. The van der Waals surface area contributed by atoms with Crippen LogP contribution in [0.1, 0.15) is 0 Å². The van der Waals surface area contributed by atoms with E-state index in [1.54, 1.807) is 0 Å². The maximum Gasteiger partial charge on any atom is 1.00 e. The van der Waals surface area contributed by atoms with Crippen LogP contribution in [0.25, 0.3) is 0 Å². The van der Waals surface area contributed by atoms with Crippen molar-refractivity contribution in [2.24, 2.45) is 0 Å². The van der Waals surface area contributed by atoms with Gasteiger partial charge in [-0.05, 0) is 0 Å². The van der Waals surface area contributed by atoms with E-state index in [0.29, 0.717) is 0 Å². The van der Waals surface area contributed by atoms with Gasteiger partial charge in [-0.3, -0.25) is 0 Å². The van der Waals surface area contributed by atoms with E-state index in [-0.39, 0.29) is 40.5 Å². The van der Waals surface area contributed by atoms with Gasteiger partial charge >= 0.3 is 29.6 Å². The smallest absolute Gasteiger partial charge is 0.790 e. The van der Waals surface area contributed by atoms with Crippen LogP contribution < -0.4 is 39.3 Å². The van der Waals surface area contributed by atoms with Gasteiger partial charge in [0.1, 0.15) is 0 Å². The Morgan fingerprint density at radius 1 is 1.25 bits per heavy atom. The van der Waals surface area contributed by atoms with Crippen molar-refractivity contribution in [2.75, 3.05) is 0 Å². The molecule has 0 bridgehead atoms. The molecule has 8 heavy (non-hydrogen) atoms. The second kappa shape index (κ2) is 8.03. The van der Waals surface area contributed by atoms with Gasteiger partial charge in [0.25, 0.3) is 0 Å². The molecule has 0 heterocycles. The zero-order valence-electron chi connectivity index (χ0n) is 4.12. The molecule has 0 aliphatic carbocycles. The van der Waals surface area contributed by atoms with Crippen LogP contribution in [-0.2, 0) is 4.57 Å². The molecule has 0 aliphatic rings. The summed E-state index contributed by atoms with van der Waals surface area (Å²) >= 11 is 0. The van der Waals surface area contributed by atoms with Crippen molar-refractivity contribution in [2.45, 2.75) is 0 Å². The third-order valence-corrected chi connectivity index (χ3v) is 0. The van der Waals surface area contributed by atoms with Crippen LogP contribution in [0.15, 0.2) is 0 Å². The molecule has 0 spiro atoms. The predicted octanol–water partition coefficient (Wildman–Crippen LogP) is -6.84. The second-order valence-electron chi connectivity index (χ2n) is 0.469. The third kappa shape index (κ3) is 241. The Bertz CT molecular complexity index is 54.7. The maximum atomic E-state index is 8.66. The Morgan fingerprint density at radius 3 is 1.25 bits per heavy atom. The summed E-state index contributed by atoms with van der Waals surface area (Å²) in [4.78, 5) is 24.3. The zero-order valence-corrected chi connectivity index (χ0v) is 7.01. The van der Waals surface area contributed by atoms with Gasteiger partial charge in [0.15, 0.2) is 0 Å². The Morgan fingerprint density at radius 2 is 1.25 bits per heavy atom. The number of phosphoric acid groups is 1. The van der Waals surface area contributed by atoms with Crippen molar-refractivity contribution in [1.82, 2.24) is 0 Å². The number of hydrogen-bond donors (Lipinski definition) is 1. The first kappa shape index (κ1) is 23.0. The molecule has 0 aromatic rings. The topological polar surface area (TPSA) is 146 Å². The molecular formula is H5NaO6P-. The van der Waals surface area contributed by atoms with Gasteiger partial charge in [0, 0.05) is 0 Å². The van der Waals surface area contributed by atoms with Crippen molar-refractivity contribution in [1.29, 1.82) is 0 Å².